The fourth-order valence-corrected chi connectivity index (χ4v) is 1.52. The number of hydrogen-bond acceptors (Lipinski definition) is 2. The lowest BCUT2D eigenvalue weighted by molar-refractivity contribution is 0.652. The van der Waals surface area contributed by atoms with E-state index in [0.717, 1.165) is 18.6 Å². The molecule has 1 atom stereocenters. The Morgan fingerprint density at radius 3 is 2.50 bits per heavy atom. The molecule has 1 rings (SSSR count). The normalized spacial score (nSPS) is 12.8. The first-order valence-corrected chi connectivity index (χ1v) is 4.86. The molecule has 0 unspecified atom stereocenters. The summed E-state index contributed by atoms with van der Waals surface area (Å²) in [6.45, 7) is 0. The van der Waals surface area contributed by atoms with Crippen molar-refractivity contribution in [2.45, 2.75) is 18.9 Å². The molecule has 2 N–H and O–H groups in total. The Morgan fingerprint density at radius 2 is 1.92 bits per heavy atom. The lowest BCUT2D eigenvalue weighted by Crippen LogP contribution is -2.23. The summed E-state index contributed by atoms with van der Waals surface area (Å²) < 4.78 is 0. The third-order valence-electron chi connectivity index (χ3n) is 1.84. The van der Waals surface area contributed by atoms with Gasteiger partial charge in [-0.05, 0) is 24.2 Å². The second kappa shape index (κ2) is 5.22. The molecule has 0 saturated heterocycles. The van der Waals surface area contributed by atoms with Gasteiger partial charge in [-0.1, -0.05) is 30.3 Å². The molecule has 0 heterocycles. The van der Waals surface area contributed by atoms with E-state index in [-0.39, 0.29) is 6.04 Å². The van der Waals surface area contributed by atoms with Crippen LogP contribution in [0.5, 0.6) is 0 Å². The SMILES string of the molecule is N[C@@H](CCS)Cc1ccccc1. The largest absolute Gasteiger partial charge is 0.327 e. The highest BCUT2D eigenvalue weighted by atomic mass is 32.1. The Morgan fingerprint density at radius 1 is 1.25 bits per heavy atom. The highest BCUT2D eigenvalue weighted by Crippen LogP contribution is 2.04. The van der Waals surface area contributed by atoms with Crippen LogP contribution in [0, 0.1) is 0 Å². The van der Waals surface area contributed by atoms with Crippen LogP contribution < -0.4 is 5.73 Å². The van der Waals surface area contributed by atoms with Gasteiger partial charge in [-0.15, -0.1) is 0 Å². The Bertz CT molecular complexity index is 210. The van der Waals surface area contributed by atoms with Crippen LogP contribution in [0.4, 0.5) is 0 Å². The molecular weight excluding hydrogens is 166 g/mol. The minimum absolute atomic E-state index is 0.255. The van der Waals surface area contributed by atoms with Crippen molar-refractivity contribution in [1.29, 1.82) is 0 Å². The number of thiol groups is 1. The third kappa shape index (κ3) is 3.28. The van der Waals surface area contributed by atoms with Gasteiger partial charge < -0.3 is 5.73 Å². The zero-order chi connectivity index (χ0) is 8.81. The van der Waals surface area contributed by atoms with Gasteiger partial charge in [0.15, 0.2) is 0 Å². The van der Waals surface area contributed by atoms with E-state index >= 15 is 0 Å². The van der Waals surface area contributed by atoms with Gasteiger partial charge in [-0.25, -0.2) is 0 Å². The van der Waals surface area contributed by atoms with Crippen LogP contribution in [-0.2, 0) is 6.42 Å². The predicted molar refractivity (Wildman–Crippen MR) is 56.6 cm³/mol. The molecule has 1 nitrogen and oxygen atoms in total. The van der Waals surface area contributed by atoms with Gasteiger partial charge in [-0.3, -0.25) is 0 Å². The second-order valence-corrected chi connectivity index (χ2v) is 3.41. The van der Waals surface area contributed by atoms with Crippen LogP contribution in [0.15, 0.2) is 30.3 Å². The Balaban J connectivity index is 2.41. The second-order valence-electron chi connectivity index (χ2n) is 2.96. The molecule has 1 aromatic carbocycles. The zero-order valence-electron chi connectivity index (χ0n) is 7.11. The molecule has 0 radical (unpaired) electrons. The quantitative estimate of drug-likeness (QED) is 0.681. The first-order valence-electron chi connectivity index (χ1n) is 4.23. The topological polar surface area (TPSA) is 26.0 Å². The summed E-state index contributed by atoms with van der Waals surface area (Å²) in [4.78, 5) is 0. The van der Waals surface area contributed by atoms with Gasteiger partial charge in [0.2, 0.25) is 0 Å². The molecule has 0 fully saturated rings. The molecule has 0 aliphatic heterocycles. The van der Waals surface area contributed by atoms with Crippen LogP contribution in [0.3, 0.4) is 0 Å². The Kier molecular flexibility index (Phi) is 4.19. The van der Waals surface area contributed by atoms with Crippen molar-refractivity contribution in [1.82, 2.24) is 0 Å². The van der Waals surface area contributed by atoms with E-state index in [9.17, 15) is 0 Å². The summed E-state index contributed by atoms with van der Waals surface area (Å²) in [5, 5.41) is 0. The molecule has 0 spiro atoms. The van der Waals surface area contributed by atoms with Gasteiger partial charge >= 0.3 is 0 Å². The van der Waals surface area contributed by atoms with E-state index < -0.39 is 0 Å². The van der Waals surface area contributed by atoms with Crippen molar-refractivity contribution in [2.24, 2.45) is 5.73 Å². The van der Waals surface area contributed by atoms with Gasteiger partial charge in [0, 0.05) is 6.04 Å². The summed E-state index contributed by atoms with van der Waals surface area (Å²) in [6, 6.07) is 10.6. The molecule has 0 saturated carbocycles. The first-order chi connectivity index (χ1) is 5.83. The molecule has 0 aromatic heterocycles. The van der Waals surface area contributed by atoms with Gasteiger partial charge in [-0.2, -0.15) is 12.6 Å². The lowest BCUT2D eigenvalue weighted by Gasteiger charge is -2.08. The number of benzene rings is 1. The van der Waals surface area contributed by atoms with Crippen LogP contribution >= 0.6 is 12.6 Å². The van der Waals surface area contributed by atoms with E-state index in [1.165, 1.54) is 5.56 Å². The van der Waals surface area contributed by atoms with Gasteiger partial charge in [0.05, 0.1) is 0 Å². The van der Waals surface area contributed by atoms with Crippen molar-refractivity contribution < 1.29 is 0 Å². The van der Waals surface area contributed by atoms with E-state index in [1.807, 2.05) is 18.2 Å². The molecular formula is C10H15NS. The van der Waals surface area contributed by atoms with Crippen molar-refractivity contribution in [3.05, 3.63) is 35.9 Å². The van der Waals surface area contributed by atoms with Crippen molar-refractivity contribution in [3.63, 3.8) is 0 Å². The maximum absolute atomic E-state index is 5.87. The monoisotopic (exact) mass is 181 g/mol. The maximum atomic E-state index is 5.87. The molecule has 0 amide bonds. The van der Waals surface area contributed by atoms with E-state index in [0.29, 0.717) is 0 Å². The summed E-state index contributed by atoms with van der Waals surface area (Å²) >= 11 is 4.15. The minimum Gasteiger partial charge on any atom is -0.327 e. The standard InChI is InChI=1S/C10H15NS/c11-10(6-7-12)8-9-4-2-1-3-5-9/h1-5,10,12H,6-8,11H2/t10-/m0/s1. The third-order valence-corrected chi connectivity index (χ3v) is 2.10. The first kappa shape index (κ1) is 9.62. The Labute approximate surface area is 79.4 Å². The highest BCUT2D eigenvalue weighted by molar-refractivity contribution is 7.80. The molecule has 2 heteroatoms. The van der Waals surface area contributed by atoms with Crippen molar-refractivity contribution in [2.75, 3.05) is 5.75 Å². The molecule has 0 bridgehead atoms. The van der Waals surface area contributed by atoms with E-state index in [1.54, 1.807) is 0 Å². The van der Waals surface area contributed by atoms with Crippen LogP contribution in [0.1, 0.15) is 12.0 Å². The average molecular weight is 181 g/mol. The minimum atomic E-state index is 0.255. The van der Waals surface area contributed by atoms with Crippen molar-refractivity contribution in [3.8, 4) is 0 Å². The zero-order valence-corrected chi connectivity index (χ0v) is 8.00. The number of hydrogen-bond donors (Lipinski definition) is 2. The molecule has 0 aliphatic carbocycles. The predicted octanol–water partition coefficient (Wildman–Crippen LogP) is 1.88. The fourth-order valence-electron chi connectivity index (χ4n) is 1.18. The summed E-state index contributed by atoms with van der Waals surface area (Å²) in [5.41, 5.74) is 7.18. The number of rotatable bonds is 4. The smallest absolute Gasteiger partial charge is 0.00870 e. The summed E-state index contributed by atoms with van der Waals surface area (Å²) in [5.74, 6) is 0.869. The average Bonchev–Trinajstić information content (AvgIpc) is 2.06. The van der Waals surface area contributed by atoms with Gasteiger partial charge in [0.25, 0.3) is 0 Å². The van der Waals surface area contributed by atoms with Crippen LogP contribution in [0.25, 0.3) is 0 Å². The molecule has 66 valence electrons. The summed E-state index contributed by atoms with van der Waals surface area (Å²) in [7, 11) is 0. The Hall–Kier alpha value is -0.470. The van der Waals surface area contributed by atoms with Gasteiger partial charge in [0.1, 0.15) is 0 Å². The molecule has 12 heavy (non-hydrogen) atoms. The maximum Gasteiger partial charge on any atom is 0.00870 e. The van der Waals surface area contributed by atoms with E-state index in [2.05, 4.69) is 24.8 Å². The van der Waals surface area contributed by atoms with Crippen LogP contribution in [0.2, 0.25) is 0 Å². The lowest BCUT2D eigenvalue weighted by atomic mass is 10.1. The highest BCUT2D eigenvalue weighted by Gasteiger charge is 2.01. The van der Waals surface area contributed by atoms with Crippen LogP contribution in [-0.4, -0.2) is 11.8 Å². The van der Waals surface area contributed by atoms with Crippen molar-refractivity contribution >= 4 is 12.6 Å². The molecule has 0 aliphatic rings. The molecule has 1 aromatic rings. The number of nitrogens with two attached hydrogens (primary N) is 1. The van der Waals surface area contributed by atoms with E-state index in [4.69, 9.17) is 5.73 Å². The summed E-state index contributed by atoms with van der Waals surface area (Å²) in [6.07, 6.45) is 1.94. The fraction of sp³-hybridized carbons (Fsp3) is 0.400.